The summed E-state index contributed by atoms with van der Waals surface area (Å²) >= 11 is 0. The topological polar surface area (TPSA) is 130 Å². The smallest absolute Gasteiger partial charge is 0.354 e. The number of anilines is 2. The highest BCUT2D eigenvalue weighted by Gasteiger charge is 2.56. The zero-order chi connectivity index (χ0) is 32.9. The summed E-state index contributed by atoms with van der Waals surface area (Å²) in [5, 5.41) is 15.0. The largest absolute Gasteiger partial charge is 0.435 e. The summed E-state index contributed by atoms with van der Waals surface area (Å²) in [7, 11) is 0. The minimum atomic E-state index is -4.93. The van der Waals surface area contributed by atoms with Gasteiger partial charge in [0.2, 0.25) is 5.91 Å². The van der Waals surface area contributed by atoms with E-state index < -0.39 is 48.2 Å². The van der Waals surface area contributed by atoms with Crippen LogP contribution >= 0.6 is 0 Å². The number of alkyl halides is 5. The number of carbonyl (C=O) groups is 2. The summed E-state index contributed by atoms with van der Waals surface area (Å²) in [4.78, 5) is 33.7. The molecule has 11 nitrogen and oxygen atoms in total. The second kappa shape index (κ2) is 11.9. The third kappa shape index (κ3) is 6.10. The number of amides is 2. The van der Waals surface area contributed by atoms with E-state index in [9.17, 15) is 31.5 Å². The molecular weight excluding hydrogens is 620 g/mol. The van der Waals surface area contributed by atoms with Gasteiger partial charge in [-0.1, -0.05) is 0 Å². The van der Waals surface area contributed by atoms with Gasteiger partial charge < -0.3 is 21.3 Å². The van der Waals surface area contributed by atoms with Crippen LogP contribution in [0, 0.1) is 30.5 Å². The molecule has 46 heavy (non-hydrogen) atoms. The quantitative estimate of drug-likeness (QED) is 0.193. The molecule has 1 aliphatic heterocycles. The van der Waals surface area contributed by atoms with Crippen molar-refractivity contribution >= 4 is 29.0 Å². The van der Waals surface area contributed by atoms with Gasteiger partial charge in [-0.25, -0.2) is 23.1 Å². The molecular formula is C29H29F6N9O2. The normalized spacial score (nSPS) is 19.7. The maximum absolute atomic E-state index is 15.3. The highest BCUT2D eigenvalue weighted by Crippen LogP contribution is 2.48. The predicted octanol–water partition coefficient (Wildman–Crippen LogP) is 3.77. The number of piperidine rings is 1. The zero-order valence-corrected chi connectivity index (χ0v) is 24.5. The Kier molecular flexibility index (Phi) is 8.12. The molecule has 4 atom stereocenters. The van der Waals surface area contributed by atoms with Crippen molar-refractivity contribution in [1.29, 1.82) is 0 Å². The van der Waals surface area contributed by atoms with Crippen molar-refractivity contribution in [2.24, 2.45) is 17.8 Å². The SMILES string of the molecule is Cc1cc(Nc2nccn3c(-c4cn(CC(F)F)nc4C(F)(F)F)cnc23)cc(F)c1C(=O)N[C@H](C)CNC(=O)C1[C@H]2CNC[C@@H]12. The number of aryl methyl sites for hydroxylation is 1. The molecule has 17 heteroatoms. The van der Waals surface area contributed by atoms with E-state index in [-0.39, 0.29) is 52.3 Å². The Morgan fingerprint density at radius 2 is 1.89 bits per heavy atom. The Balaban J connectivity index is 1.17. The number of carbonyl (C=O) groups excluding carboxylic acids is 2. The Bertz CT molecular complexity index is 1770. The summed E-state index contributed by atoms with van der Waals surface area (Å²) in [5.41, 5.74) is -1.56. The van der Waals surface area contributed by atoms with E-state index in [1.807, 2.05) is 0 Å². The average Bonchev–Trinajstić information content (AvgIpc) is 3.37. The molecule has 4 heterocycles. The van der Waals surface area contributed by atoms with Gasteiger partial charge in [0.1, 0.15) is 12.4 Å². The fraction of sp³-hybridized carbons (Fsp3) is 0.414. The molecule has 1 saturated carbocycles. The summed E-state index contributed by atoms with van der Waals surface area (Å²) in [6, 6.07) is 2.09. The van der Waals surface area contributed by atoms with Crippen LogP contribution in [-0.4, -0.2) is 68.1 Å². The molecule has 1 unspecified atom stereocenters. The number of imidazole rings is 1. The number of fused-ring (bicyclic) bond motifs is 2. The minimum absolute atomic E-state index is 0.00732. The lowest BCUT2D eigenvalue weighted by molar-refractivity contribution is -0.141. The molecule has 244 valence electrons. The van der Waals surface area contributed by atoms with E-state index in [1.54, 1.807) is 6.92 Å². The third-order valence-corrected chi connectivity index (χ3v) is 8.19. The van der Waals surface area contributed by atoms with Crippen LogP contribution in [-0.2, 0) is 17.5 Å². The Morgan fingerprint density at radius 1 is 1.15 bits per heavy atom. The fourth-order valence-corrected chi connectivity index (χ4v) is 6.03. The third-order valence-electron chi connectivity index (χ3n) is 8.19. The monoisotopic (exact) mass is 649 g/mol. The van der Waals surface area contributed by atoms with E-state index >= 15 is 4.39 Å². The van der Waals surface area contributed by atoms with Crippen LogP contribution in [0.3, 0.4) is 0 Å². The van der Waals surface area contributed by atoms with Gasteiger partial charge >= 0.3 is 6.18 Å². The molecule has 0 bridgehead atoms. The Morgan fingerprint density at radius 3 is 2.57 bits per heavy atom. The summed E-state index contributed by atoms with van der Waals surface area (Å²) in [6.45, 7) is 4.05. The molecule has 1 aliphatic carbocycles. The zero-order valence-electron chi connectivity index (χ0n) is 24.5. The molecule has 0 radical (unpaired) electrons. The molecule has 6 rings (SSSR count). The summed E-state index contributed by atoms with van der Waals surface area (Å²) < 4.78 is 84.0. The molecule has 4 aromatic rings. The van der Waals surface area contributed by atoms with E-state index in [0.717, 1.165) is 31.5 Å². The fourth-order valence-electron chi connectivity index (χ4n) is 6.03. The van der Waals surface area contributed by atoms with Gasteiger partial charge in [-0.3, -0.25) is 18.7 Å². The van der Waals surface area contributed by atoms with Crippen LogP contribution in [0.5, 0.6) is 0 Å². The first-order chi connectivity index (χ1) is 21.8. The molecule has 2 fully saturated rings. The number of rotatable bonds is 10. The van der Waals surface area contributed by atoms with Gasteiger partial charge in [0.15, 0.2) is 17.2 Å². The lowest BCUT2D eigenvalue weighted by Crippen LogP contribution is -2.43. The van der Waals surface area contributed by atoms with Gasteiger partial charge in [-0.2, -0.15) is 18.3 Å². The van der Waals surface area contributed by atoms with Crippen molar-refractivity contribution in [2.45, 2.75) is 39.0 Å². The van der Waals surface area contributed by atoms with E-state index in [2.05, 4.69) is 36.3 Å². The average molecular weight is 650 g/mol. The first-order valence-electron chi connectivity index (χ1n) is 14.4. The van der Waals surface area contributed by atoms with Crippen molar-refractivity contribution in [3.05, 3.63) is 59.6 Å². The van der Waals surface area contributed by atoms with Crippen molar-refractivity contribution in [3.8, 4) is 11.3 Å². The van der Waals surface area contributed by atoms with Crippen LogP contribution in [0.4, 0.5) is 37.8 Å². The van der Waals surface area contributed by atoms with Gasteiger partial charge in [0.05, 0.1) is 23.0 Å². The molecule has 0 spiro atoms. The van der Waals surface area contributed by atoms with E-state index in [4.69, 9.17) is 0 Å². The first-order valence-corrected chi connectivity index (χ1v) is 14.4. The standard InChI is InChI=1S/C29H29F6N9O2/c1-13-5-15(6-19(30)22(13)28(46)40-14(2)7-39-27(45)23-16-8-36-9-17(16)23)41-25-26-38-10-20(44(26)4-3-37-25)18-11-43(12-21(31)32)42-24(18)29(33,34)35/h3-6,10-11,14,16-17,21,23,36H,7-9,12H2,1-2H3,(H,37,41)(H,39,45)(H,40,46)/t14-,16-,17+,23?/m1/s1. The van der Waals surface area contributed by atoms with Crippen molar-refractivity contribution in [3.63, 3.8) is 0 Å². The van der Waals surface area contributed by atoms with Crippen molar-refractivity contribution < 1.29 is 35.9 Å². The highest BCUT2D eigenvalue weighted by atomic mass is 19.4. The predicted molar refractivity (Wildman–Crippen MR) is 153 cm³/mol. The van der Waals surface area contributed by atoms with Crippen LogP contribution in [0.2, 0.25) is 0 Å². The summed E-state index contributed by atoms with van der Waals surface area (Å²) in [5.74, 6) is -0.789. The maximum atomic E-state index is 15.3. The maximum Gasteiger partial charge on any atom is 0.435 e. The Labute approximate surface area is 257 Å². The molecule has 3 aromatic heterocycles. The van der Waals surface area contributed by atoms with Gasteiger partial charge in [0, 0.05) is 42.8 Å². The first kappa shape index (κ1) is 31.3. The number of aromatic nitrogens is 5. The minimum Gasteiger partial charge on any atom is -0.354 e. The Hall–Kier alpha value is -4.67. The number of nitrogens with zero attached hydrogens (tertiary/aromatic N) is 5. The number of nitrogens with one attached hydrogen (secondary N) is 4. The summed E-state index contributed by atoms with van der Waals surface area (Å²) in [6.07, 6.45) is -3.24. The van der Waals surface area contributed by atoms with Crippen LogP contribution in [0.25, 0.3) is 16.9 Å². The highest BCUT2D eigenvalue weighted by molar-refractivity contribution is 5.96. The molecule has 1 saturated heterocycles. The van der Waals surface area contributed by atoms with E-state index in [1.165, 1.54) is 29.8 Å². The number of halogens is 6. The number of hydrogen-bond acceptors (Lipinski definition) is 7. The van der Waals surface area contributed by atoms with Gasteiger partial charge in [-0.05, 0) is 56.5 Å². The lowest BCUT2D eigenvalue weighted by atomic mass is 10.1. The van der Waals surface area contributed by atoms with Crippen molar-refractivity contribution in [1.82, 2.24) is 40.1 Å². The molecule has 4 N–H and O–H groups in total. The van der Waals surface area contributed by atoms with Crippen LogP contribution < -0.4 is 21.3 Å². The van der Waals surface area contributed by atoms with E-state index in [0.29, 0.717) is 16.5 Å². The second-order valence-electron chi connectivity index (χ2n) is 11.5. The molecule has 1 aromatic carbocycles. The van der Waals surface area contributed by atoms with Crippen LogP contribution in [0.1, 0.15) is 28.5 Å². The molecule has 2 aliphatic rings. The lowest BCUT2D eigenvalue weighted by Gasteiger charge is -2.17. The number of hydrogen-bond donors (Lipinski definition) is 4. The van der Waals surface area contributed by atoms with Crippen molar-refractivity contribution in [2.75, 3.05) is 25.0 Å². The van der Waals surface area contributed by atoms with Gasteiger partial charge in [0.25, 0.3) is 12.3 Å². The number of benzene rings is 1. The van der Waals surface area contributed by atoms with Crippen LogP contribution in [0.15, 0.2) is 36.9 Å². The second-order valence-corrected chi connectivity index (χ2v) is 11.5. The van der Waals surface area contributed by atoms with Gasteiger partial charge in [-0.15, -0.1) is 0 Å². The molecule has 2 amide bonds.